The summed E-state index contributed by atoms with van der Waals surface area (Å²) in [6.07, 6.45) is 14.2. The number of allylic oxidation sites excluding steroid dienone is 4. The molecule has 0 radical (unpaired) electrons. The van der Waals surface area contributed by atoms with Crippen molar-refractivity contribution in [1.29, 1.82) is 0 Å². The molecule has 0 bridgehead atoms. The molecular weight excluding hydrogens is 240 g/mol. The third-order valence-electron chi connectivity index (χ3n) is 5.79. The fourth-order valence-corrected chi connectivity index (χ4v) is 4.22. The molecule has 0 saturated heterocycles. The van der Waals surface area contributed by atoms with Crippen molar-refractivity contribution in [3.63, 3.8) is 0 Å². The molecule has 0 unspecified atom stereocenters. The summed E-state index contributed by atoms with van der Waals surface area (Å²) in [6, 6.07) is 0. The summed E-state index contributed by atoms with van der Waals surface area (Å²) in [5.41, 5.74) is 3.72. The standard InChI is InChI=1S/C20H33/c1-15(2)18-12-14-20(5)13-11-17(4)8-6-7-16(3)9-10-19(18)20/h7,11,15,19H,6,8-10,12-14H2,1-5H3/q+1/b16-7+,17-11+/t19-,20-/m0/s1. The summed E-state index contributed by atoms with van der Waals surface area (Å²) >= 11 is 0. The predicted molar refractivity (Wildman–Crippen MR) is 89.5 cm³/mol. The van der Waals surface area contributed by atoms with Gasteiger partial charge in [-0.3, -0.25) is 0 Å². The Bertz CT molecular complexity index is 385. The van der Waals surface area contributed by atoms with E-state index < -0.39 is 0 Å². The molecule has 0 amide bonds. The summed E-state index contributed by atoms with van der Waals surface area (Å²) in [7, 11) is 0. The van der Waals surface area contributed by atoms with Crippen LogP contribution in [0.15, 0.2) is 23.3 Å². The van der Waals surface area contributed by atoms with Crippen LogP contribution < -0.4 is 0 Å². The van der Waals surface area contributed by atoms with Crippen LogP contribution in [-0.4, -0.2) is 0 Å². The van der Waals surface area contributed by atoms with Crippen LogP contribution in [0.4, 0.5) is 0 Å². The molecule has 112 valence electrons. The van der Waals surface area contributed by atoms with E-state index in [-0.39, 0.29) is 0 Å². The minimum Gasteiger partial charge on any atom is -0.0853 e. The summed E-state index contributed by atoms with van der Waals surface area (Å²) in [5, 5.41) is 0. The zero-order valence-electron chi connectivity index (χ0n) is 14.3. The molecule has 0 aromatic rings. The van der Waals surface area contributed by atoms with Crippen molar-refractivity contribution in [3.05, 3.63) is 29.2 Å². The van der Waals surface area contributed by atoms with Gasteiger partial charge < -0.3 is 0 Å². The van der Waals surface area contributed by atoms with Gasteiger partial charge in [0.05, 0.1) is 18.3 Å². The second-order valence-electron chi connectivity index (χ2n) is 7.82. The van der Waals surface area contributed by atoms with Crippen LogP contribution >= 0.6 is 0 Å². The van der Waals surface area contributed by atoms with Gasteiger partial charge in [-0.05, 0) is 66.2 Å². The fourth-order valence-electron chi connectivity index (χ4n) is 4.22. The number of hydrogen-bond donors (Lipinski definition) is 0. The van der Waals surface area contributed by atoms with E-state index in [1.165, 1.54) is 44.9 Å². The smallest absolute Gasteiger partial charge is 0.0853 e. The lowest BCUT2D eigenvalue weighted by atomic mass is 9.70. The lowest BCUT2D eigenvalue weighted by Crippen LogP contribution is -2.26. The van der Waals surface area contributed by atoms with Crippen molar-refractivity contribution < 1.29 is 0 Å². The Kier molecular flexibility index (Phi) is 5.04. The Morgan fingerprint density at radius 3 is 2.55 bits per heavy atom. The fraction of sp³-hybridized carbons (Fsp3) is 0.750. The molecule has 0 aliphatic heterocycles. The van der Waals surface area contributed by atoms with Crippen molar-refractivity contribution in [2.24, 2.45) is 17.3 Å². The number of hydrogen-bond acceptors (Lipinski definition) is 0. The van der Waals surface area contributed by atoms with Crippen LogP contribution in [0.1, 0.15) is 79.6 Å². The van der Waals surface area contributed by atoms with Crippen molar-refractivity contribution in [1.82, 2.24) is 0 Å². The third-order valence-corrected chi connectivity index (χ3v) is 5.79. The van der Waals surface area contributed by atoms with Gasteiger partial charge in [-0.15, -0.1) is 0 Å². The van der Waals surface area contributed by atoms with E-state index in [9.17, 15) is 0 Å². The average molecular weight is 273 g/mol. The van der Waals surface area contributed by atoms with E-state index >= 15 is 0 Å². The van der Waals surface area contributed by atoms with Crippen LogP contribution in [0.25, 0.3) is 0 Å². The summed E-state index contributed by atoms with van der Waals surface area (Å²) < 4.78 is 0. The molecule has 0 N–H and O–H groups in total. The van der Waals surface area contributed by atoms with Crippen LogP contribution in [0.2, 0.25) is 0 Å². The zero-order chi connectivity index (χ0) is 14.8. The van der Waals surface area contributed by atoms with Gasteiger partial charge in [-0.2, -0.15) is 0 Å². The SMILES string of the molecule is C/C1=C\C[C@@]2(C)CC[C+](C(C)C)[C@@H]2CC/C(C)=C/CC1. The van der Waals surface area contributed by atoms with Gasteiger partial charge in [-0.25, -0.2) is 0 Å². The summed E-state index contributed by atoms with van der Waals surface area (Å²) in [5.74, 6) is 3.46. The molecule has 0 spiro atoms. The Hall–Kier alpha value is -0.650. The van der Waals surface area contributed by atoms with E-state index in [0.717, 1.165) is 11.8 Å². The lowest BCUT2D eigenvalue weighted by Gasteiger charge is -2.28. The molecular formula is C20H33+. The average Bonchev–Trinajstić information content (AvgIpc) is 2.70. The molecule has 20 heavy (non-hydrogen) atoms. The van der Waals surface area contributed by atoms with Crippen molar-refractivity contribution in [3.8, 4) is 0 Å². The van der Waals surface area contributed by atoms with Crippen molar-refractivity contribution >= 4 is 0 Å². The largest absolute Gasteiger partial charge is 0.107 e. The van der Waals surface area contributed by atoms with Gasteiger partial charge >= 0.3 is 0 Å². The molecule has 2 atom stereocenters. The Morgan fingerprint density at radius 2 is 1.85 bits per heavy atom. The van der Waals surface area contributed by atoms with Crippen molar-refractivity contribution in [2.45, 2.75) is 79.6 Å². The predicted octanol–water partition coefficient (Wildman–Crippen LogP) is 6.49. The first-order valence-electron chi connectivity index (χ1n) is 8.59. The van der Waals surface area contributed by atoms with Gasteiger partial charge in [0.2, 0.25) is 0 Å². The van der Waals surface area contributed by atoms with Crippen LogP contribution in [0.3, 0.4) is 0 Å². The minimum atomic E-state index is 0.519. The normalized spacial score (nSPS) is 37.7. The first-order chi connectivity index (χ1) is 9.42. The van der Waals surface area contributed by atoms with Gasteiger partial charge in [0.15, 0.2) is 0 Å². The highest BCUT2D eigenvalue weighted by atomic mass is 14.5. The molecule has 0 nitrogen and oxygen atoms in total. The molecule has 2 aliphatic carbocycles. The first kappa shape index (κ1) is 15.7. The molecule has 2 aliphatic rings. The second kappa shape index (κ2) is 6.41. The van der Waals surface area contributed by atoms with Gasteiger partial charge in [0.25, 0.3) is 0 Å². The maximum atomic E-state index is 2.55. The molecule has 2 rings (SSSR count). The van der Waals surface area contributed by atoms with Crippen LogP contribution in [0.5, 0.6) is 0 Å². The maximum Gasteiger partial charge on any atom is 0.107 e. The third kappa shape index (κ3) is 3.51. The Morgan fingerprint density at radius 1 is 1.15 bits per heavy atom. The monoisotopic (exact) mass is 273 g/mol. The minimum absolute atomic E-state index is 0.519. The Balaban J connectivity index is 2.24. The van der Waals surface area contributed by atoms with E-state index in [1.54, 1.807) is 11.1 Å². The van der Waals surface area contributed by atoms with Crippen LogP contribution in [-0.2, 0) is 0 Å². The zero-order valence-corrected chi connectivity index (χ0v) is 14.3. The van der Waals surface area contributed by atoms with Gasteiger partial charge in [0.1, 0.15) is 5.92 Å². The number of fused-ring (bicyclic) bond motifs is 1. The van der Waals surface area contributed by atoms with E-state index in [0.29, 0.717) is 5.41 Å². The highest BCUT2D eigenvalue weighted by molar-refractivity contribution is 5.16. The topological polar surface area (TPSA) is 0 Å². The lowest BCUT2D eigenvalue weighted by molar-refractivity contribution is 0.219. The molecule has 0 heteroatoms. The van der Waals surface area contributed by atoms with Gasteiger partial charge in [0, 0.05) is 5.41 Å². The molecule has 1 fully saturated rings. The molecule has 0 aromatic heterocycles. The maximum absolute atomic E-state index is 2.55. The highest BCUT2D eigenvalue weighted by Gasteiger charge is 2.53. The van der Waals surface area contributed by atoms with E-state index in [4.69, 9.17) is 0 Å². The molecule has 1 saturated carbocycles. The van der Waals surface area contributed by atoms with E-state index in [1.807, 2.05) is 5.92 Å². The first-order valence-corrected chi connectivity index (χ1v) is 8.59. The Labute approximate surface area is 126 Å². The number of rotatable bonds is 1. The molecule has 0 aromatic carbocycles. The van der Waals surface area contributed by atoms with Gasteiger partial charge in [-0.1, -0.05) is 30.2 Å². The van der Waals surface area contributed by atoms with Crippen molar-refractivity contribution in [2.75, 3.05) is 0 Å². The van der Waals surface area contributed by atoms with Crippen LogP contribution in [0, 0.1) is 23.2 Å². The quantitative estimate of drug-likeness (QED) is 0.378. The summed E-state index contributed by atoms with van der Waals surface area (Å²) in [4.78, 5) is 0. The molecule has 0 heterocycles. The van der Waals surface area contributed by atoms with E-state index in [2.05, 4.69) is 46.8 Å². The second-order valence-corrected chi connectivity index (χ2v) is 7.82. The highest BCUT2D eigenvalue weighted by Crippen LogP contribution is 2.55. The summed E-state index contributed by atoms with van der Waals surface area (Å²) in [6.45, 7) is 12.0.